The van der Waals surface area contributed by atoms with E-state index < -0.39 is 10.9 Å². The number of aliphatic hydroxyl groups is 1. The van der Waals surface area contributed by atoms with Crippen molar-refractivity contribution in [2.75, 3.05) is 24.6 Å². The molecule has 0 atom stereocenters. The molecule has 0 fully saturated rings. The minimum Gasteiger partial charge on any atom is -0.478 e. The van der Waals surface area contributed by atoms with E-state index in [9.17, 15) is 14.9 Å². The van der Waals surface area contributed by atoms with Gasteiger partial charge in [-0.05, 0) is 37.3 Å². The highest BCUT2D eigenvalue weighted by molar-refractivity contribution is 6.33. The fourth-order valence-corrected chi connectivity index (χ4v) is 2.34. The van der Waals surface area contributed by atoms with Crippen LogP contribution >= 0.6 is 11.6 Å². The predicted molar refractivity (Wildman–Crippen MR) is 112 cm³/mol. The fourth-order valence-electron chi connectivity index (χ4n) is 2.12. The molecule has 0 bridgehead atoms. The lowest BCUT2D eigenvalue weighted by atomic mass is 10.2. The number of anilines is 1. The lowest BCUT2D eigenvalue weighted by Gasteiger charge is -2.21. The number of rotatable bonds is 8. The van der Waals surface area contributed by atoms with Crippen LogP contribution in [0.3, 0.4) is 0 Å². The van der Waals surface area contributed by atoms with Gasteiger partial charge >= 0.3 is 5.97 Å². The first-order valence-electron chi connectivity index (χ1n) is 8.49. The van der Waals surface area contributed by atoms with E-state index in [0.717, 1.165) is 18.3 Å². The molecule has 10 heteroatoms. The molecule has 2 N–H and O–H groups in total. The Hall–Kier alpha value is -3.30. The first-order valence-corrected chi connectivity index (χ1v) is 8.87. The summed E-state index contributed by atoms with van der Waals surface area (Å²) in [5, 5.41) is 35.6. The van der Waals surface area contributed by atoms with E-state index in [1.165, 1.54) is 18.2 Å². The van der Waals surface area contributed by atoms with Gasteiger partial charge in [-0.25, -0.2) is 4.79 Å². The molecule has 0 aliphatic heterocycles. The Morgan fingerprint density at radius 1 is 1.28 bits per heavy atom. The number of carboxylic acids is 1. The molecule has 0 saturated heterocycles. The van der Waals surface area contributed by atoms with E-state index in [0.29, 0.717) is 17.9 Å². The van der Waals surface area contributed by atoms with Crippen molar-refractivity contribution >= 4 is 40.3 Å². The van der Waals surface area contributed by atoms with Gasteiger partial charge in [0.2, 0.25) is 0 Å². The van der Waals surface area contributed by atoms with Crippen LogP contribution in [0.4, 0.5) is 22.7 Å². The summed E-state index contributed by atoms with van der Waals surface area (Å²) in [5.74, 6) is -0.981. The number of benzene rings is 2. The number of nitro groups is 1. The zero-order chi connectivity index (χ0) is 21.8. The van der Waals surface area contributed by atoms with Crippen molar-refractivity contribution in [2.24, 2.45) is 10.2 Å². The summed E-state index contributed by atoms with van der Waals surface area (Å²) in [6.07, 6.45) is 0.833. The molecule has 0 unspecified atom stereocenters. The molecule has 0 heterocycles. The Morgan fingerprint density at radius 2 is 1.90 bits per heavy atom. The molecule has 0 aromatic heterocycles. The molecule has 154 valence electrons. The van der Waals surface area contributed by atoms with Crippen LogP contribution in [0.15, 0.2) is 65.3 Å². The number of carboxylic acid groups (broad SMARTS) is 1. The van der Waals surface area contributed by atoms with Gasteiger partial charge in [0.15, 0.2) is 0 Å². The summed E-state index contributed by atoms with van der Waals surface area (Å²) < 4.78 is 0. The monoisotopic (exact) mass is 420 g/mol. The van der Waals surface area contributed by atoms with E-state index in [1.54, 1.807) is 12.1 Å². The molecule has 0 aliphatic rings. The number of non-ortho nitro benzene ring substituents is 1. The summed E-state index contributed by atoms with van der Waals surface area (Å²) in [5.41, 5.74) is 1.89. The highest BCUT2D eigenvalue weighted by atomic mass is 35.5. The van der Waals surface area contributed by atoms with Gasteiger partial charge < -0.3 is 15.1 Å². The molecule has 0 amide bonds. The van der Waals surface area contributed by atoms with Gasteiger partial charge in [-0.15, -0.1) is 5.11 Å². The molecule has 0 saturated carbocycles. The van der Waals surface area contributed by atoms with E-state index in [-0.39, 0.29) is 17.3 Å². The summed E-state index contributed by atoms with van der Waals surface area (Å²) in [6, 6.07) is 11.4. The largest absolute Gasteiger partial charge is 0.478 e. The number of azo groups is 1. The second-order valence-electron chi connectivity index (χ2n) is 5.45. The summed E-state index contributed by atoms with van der Waals surface area (Å²) in [4.78, 5) is 21.4. The van der Waals surface area contributed by atoms with Crippen molar-refractivity contribution in [3.8, 4) is 0 Å². The molecule has 29 heavy (non-hydrogen) atoms. The average molecular weight is 421 g/mol. The lowest BCUT2D eigenvalue weighted by molar-refractivity contribution is -0.384. The zero-order valence-electron chi connectivity index (χ0n) is 15.7. The lowest BCUT2D eigenvalue weighted by Crippen LogP contribution is -2.25. The fraction of sp³-hybridized carbons (Fsp3) is 0.211. The van der Waals surface area contributed by atoms with Crippen molar-refractivity contribution in [2.45, 2.75) is 6.92 Å². The maximum absolute atomic E-state index is 10.7. The Labute approximate surface area is 172 Å². The average Bonchev–Trinajstić information content (AvgIpc) is 2.72. The first kappa shape index (κ1) is 23.7. The number of hydrogen-bond acceptors (Lipinski definition) is 7. The third-order valence-electron chi connectivity index (χ3n) is 3.56. The molecule has 0 radical (unpaired) electrons. The second kappa shape index (κ2) is 12.2. The normalized spacial score (nSPS) is 10.2. The Morgan fingerprint density at radius 3 is 2.34 bits per heavy atom. The minimum absolute atomic E-state index is 0.0909. The van der Waals surface area contributed by atoms with E-state index in [1.807, 2.05) is 24.0 Å². The van der Waals surface area contributed by atoms with Gasteiger partial charge in [-0.3, -0.25) is 10.1 Å². The number of nitro benzene ring substituents is 1. The van der Waals surface area contributed by atoms with Gasteiger partial charge in [0, 0.05) is 37.0 Å². The summed E-state index contributed by atoms with van der Waals surface area (Å²) in [6.45, 7) is 6.42. The third-order valence-corrected chi connectivity index (χ3v) is 3.86. The molecular weight excluding hydrogens is 400 g/mol. The van der Waals surface area contributed by atoms with Crippen LogP contribution < -0.4 is 4.90 Å². The molecule has 0 aliphatic carbocycles. The Kier molecular flexibility index (Phi) is 10.00. The number of aliphatic carboxylic acids is 1. The highest BCUT2D eigenvalue weighted by Crippen LogP contribution is 2.30. The zero-order valence-corrected chi connectivity index (χ0v) is 16.5. The maximum atomic E-state index is 10.7. The van der Waals surface area contributed by atoms with Crippen LogP contribution in [0.1, 0.15) is 6.92 Å². The highest BCUT2D eigenvalue weighted by Gasteiger charge is 2.09. The van der Waals surface area contributed by atoms with Crippen LogP contribution in [0.2, 0.25) is 5.02 Å². The summed E-state index contributed by atoms with van der Waals surface area (Å²) >= 11 is 5.97. The van der Waals surface area contributed by atoms with E-state index >= 15 is 0 Å². The first-order chi connectivity index (χ1) is 13.8. The van der Waals surface area contributed by atoms with E-state index in [4.69, 9.17) is 21.8 Å². The topological polar surface area (TPSA) is 129 Å². The van der Waals surface area contributed by atoms with Crippen molar-refractivity contribution in [1.82, 2.24) is 0 Å². The maximum Gasteiger partial charge on any atom is 0.327 e. The number of hydrogen-bond donors (Lipinski definition) is 2. The number of nitrogens with zero attached hydrogens (tertiary/aromatic N) is 4. The SMILES string of the molecule is C=CC(=O)O.CCN(CCO)c1ccc(N=Nc2ccc([N+](=O)[O-])cc2Cl)cc1. The second-order valence-corrected chi connectivity index (χ2v) is 5.86. The van der Waals surface area contributed by atoms with Crippen molar-refractivity contribution < 1.29 is 19.9 Å². The van der Waals surface area contributed by atoms with Crippen molar-refractivity contribution in [3.63, 3.8) is 0 Å². The third kappa shape index (κ3) is 8.08. The van der Waals surface area contributed by atoms with Crippen LogP contribution in [0, 0.1) is 10.1 Å². The predicted octanol–water partition coefficient (Wildman–Crippen LogP) is 4.74. The van der Waals surface area contributed by atoms with Crippen molar-refractivity contribution in [3.05, 3.63) is 70.3 Å². The van der Waals surface area contributed by atoms with Gasteiger partial charge in [0.1, 0.15) is 5.69 Å². The molecule has 2 aromatic rings. The quantitative estimate of drug-likeness (QED) is 0.274. The smallest absolute Gasteiger partial charge is 0.327 e. The number of carbonyl (C=O) groups is 1. The molecule has 9 nitrogen and oxygen atoms in total. The van der Waals surface area contributed by atoms with Gasteiger partial charge in [0.05, 0.1) is 22.2 Å². The van der Waals surface area contributed by atoms with E-state index in [2.05, 4.69) is 16.8 Å². The number of aliphatic hydroxyl groups excluding tert-OH is 1. The molecule has 0 spiro atoms. The van der Waals surface area contributed by atoms with Gasteiger partial charge in [-0.2, -0.15) is 5.11 Å². The number of halogens is 1. The van der Waals surface area contributed by atoms with Gasteiger partial charge in [-0.1, -0.05) is 18.2 Å². The van der Waals surface area contributed by atoms with Crippen LogP contribution in [0.25, 0.3) is 0 Å². The number of likely N-dealkylation sites (N-methyl/N-ethyl adjacent to an activating group) is 1. The van der Waals surface area contributed by atoms with Crippen LogP contribution in [-0.2, 0) is 4.79 Å². The minimum atomic E-state index is -0.981. The molecule has 2 rings (SSSR count). The Balaban J connectivity index is 0.000000749. The van der Waals surface area contributed by atoms with Gasteiger partial charge in [0.25, 0.3) is 5.69 Å². The Bertz CT molecular complexity index is 871. The van der Waals surface area contributed by atoms with Crippen LogP contribution in [-0.4, -0.2) is 40.8 Å². The summed E-state index contributed by atoms with van der Waals surface area (Å²) in [7, 11) is 0. The van der Waals surface area contributed by atoms with Crippen LogP contribution in [0.5, 0.6) is 0 Å². The molecular formula is C19H21ClN4O5. The standard InChI is InChI=1S/C16H17ClN4O3.C3H4O2/c1-2-20(9-10-22)13-5-3-12(4-6-13)18-19-16-8-7-14(21(23)24)11-15(16)17;1-2-3(4)5/h3-8,11,22H,2,9-10H2,1H3;2H,1H2,(H,4,5). The van der Waals surface area contributed by atoms with Crippen molar-refractivity contribution in [1.29, 1.82) is 0 Å². The molecule has 2 aromatic carbocycles.